The van der Waals surface area contributed by atoms with Gasteiger partial charge in [0, 0.05) is 31.4 Å². The number of aromatic nitrogens is 1. The van der Waals surface area contributed by atoms with Crippen molar-refractivity contribution in [3.05, 3.63) is 23.4 Å². The number of pyridine rings is 1. The molecule has 0 aliphatic carbocycles. The maximum absolute atomic E-state index is 4.90. The van der Waals surface area contributed by atoms with E-state index in [-0.39, 0.29) is 0 Å². The lowest BCUT2D eigenvalue weighted by atomic mass is 10.1. The van der Waals surface area contributed by atoms with Gasteiger partial charge in [-0.2, -0.15) is 0 Å². The van der Waals surface area contributed by atoms with E-state index in [9.17, 15) is 0 Å². The molecule has 0 fully saturated rings. The number of rotatable bonds is 9. The van der Waals surface area contributed by atoms with Crippen LogP contribution in [-0.4, -0.2) is 24.1 Å². The number of anilines is 1. The lowest BCUT2D eigenvalue weighted by molar-refractivity contribution is 0.587. The normalized spacial score (nSPS) is 11.4. The first-order valence-electron chi connectivity index (χ1n) is 8.47. The summed E-state index contributed by atoms with van der Waals surface area (Å²) in [5.74, 6) is 1.61. The third-order valence-corrected chi connectivity index (χ3v) is 3.51. The highest BCUT2D eigenvalue weighted by molar-refractivity contribution is 5.43. The van der Waals surface area contributed by atoms with Crippen molar-refractivity contribution >= 4 is 5.82 Å². The highest BCUT2D eigenvalue weighted by Crippen LogP contribution is 2.21. The molecule has 0 amide bonds. The predicted molar refractivity (Wildman–Crippen MR) is 93.1 cm³/mol. The first-order valence-corrected chi connectivity index (χ1v) is 8.47. The van der Waals surface area contributed by atoms with Gasteiger partial charge in [-0.15, -0.1) is 0 Å². The van der Waals surface area contributed by atoms with Gasteiger partial charge in [-0.3, -0.25) is 0 Å². The van der Waals surface area contributed by atoms with E-state index in [4.69, 9.17) is 4.98 Å². The van der Waals surface area contributed by atoms with Crippen LogP contribution in [0.3, 0.4) is 0 Å². The number of nitrogens with one attached hydrogen (secondary N) is 1. The molecule has 1 aromatic heterocycles. The zero-order valence-electron chi connectivity index (χ0n) is 14.7. The van der Waals surface area contributed by atoms with Gasteiger partial charge in [-0.1, -0.05) is 41.5 Å². The van der Waals surface area contributed by atoms with Crippen molar-refractivity contribution in [1.29, 1.82) is 0 Å². The van der Waals surface area contributed by atoms with E-state index >= 15 is 0 Å². The van der Waals surface area contributed by atoms with Crippen molar-refractivity contribution in [2.45, 2.75) is 72.9 Å². The third kappa shape index (κ3) is 6.04. The summed E-state index contributed by atoms with van der Waals surface area (Å²) in [6.45, 7) is 16.4. The Balaban J connectivity index is 3.04. The van der Waals surface area contributed by atoms with Crippen molar-refractivity contribution in [1.82, 2.24) is 10.3 Å². The molecule has 0 spiro atoms. The van der Waals surface area contributed by atoms with Gasteiger partial charge < -0.3 is 10.2 Å². The molecule has 0 radical (unpaired) electrons. The van der Waals surface area contributed by atoms with Crippen molar-refractivity contribution in [2.24, 2.45) is 0 Å². The van der Waals surface area contributed by atoms with E-state index in [1.54, 1.807) is 0 Å². The molecule has 0 atom stereocenters. The Bertz CT molecular complexity index is 407. The maximum Gasteiger partial charge on any atom is 0.129 e. The smallest absolute Gasteiger partial charge is 0.129 e. The average Bonchev–Trinajstić information content (AvgIpc) is 2.44. The molecule has 1 heterocycles. The van der Waals surface area contributed by atoms with Crippen molar-refractivity contribution in [2.75, 3.05) is 18.0 Å². The standard InChI is InChI=1S/C18H33N3/c1-7-9-21(10-8-2)18-12-16(13-19-15(5)6)11-17(20-18)14(3)4/h11-12,14-15,19H,7-10,13H2,1-6H3. The van der Waals surface area contributed by atoms with Crippen LogP contribution < -0.4 is 10.2 Å². The molecular formula is C18H33N3. The zero-order chi connectivity index (χ0) is 15.8. The summed E-state index contributed by atoms with van der Waals surface area (Å²) in [6, 6.07) is 5.01. The lowest BCUT2D eigenvalue weighted by Crippen LogP contribution is -2.27. The quantitative estimate of drug-likeness (QED) is 0.734. The van der Waals surface area contributed by atoms with Crippen molar-refractivity contribution < 1.29 is 0 Å². The van der Waals surface area contributed by atoms with E-state index in [0.717, 1.165) is 38.3 Å². The van der Waals surface area contributed by atoms with E-state index in [0.29, 0.717) is 12.0 Å². The minimum absolute atomic E-state index is 0.466. The van der Waals surface area contributed by atoms with Crippen LogP contribution in [0.25, 0.3) is 0 Å². The molecule has 1 N–H and O–H groups in total. The first kappa shape index (κ1) is 18.0. The van der Waals surface area contributed by atoms with Crippen LogP contribution in [0.2, 0.25) is 0 Å². The minimum Gasteiger partial charge on any atom is -0.357 e. The topological polar surface area (TPSA) is 28.2 Å². The average molecular weight is 291 g/mol. The highest BCUT2D eigenvalue weighted by Gasteiger charge is 2.11. The minimum atomic E-state index is 0.466. The van der Waals surface area contributed by atoms with E-state index in [1.807, 2.05) is 0 Å². The number of nitrogens with zero attached hydrogens (tertiary/aromatic N) is 2. The fourth-order valence-corrected chi connectivity index (χ4v) is 2.36. The van der Waals surface area contributed by atoms with Gasteiger partial charge in [0.1, 0.15) is 5.82 Å². The molecule has 0 aliphatic rings. The number of hydrogen-bond acceptors (Lipinski definition) is 3. The summed E-state index contributed by atoms with van der Waals surface area (Å²) in [7, 11) is 0. The monoisotopic (exact) mass is 291 g/mol. The Morgan fingerprint density at radius 3 is 2.14 bits per heavy atom. The second-order valence-electron chi connectivity index (χ2n) is 6.44. The van der Waals surface area contributed by atoms with E-state index < -0.39 is 0 Å². The van der Waals surface area contributed by atoms with Crippen LogP contribution in [0, 0.1) is 0 Å². The molecule has 0 unspecified atom stereocenters. The fourth-order valence-electron chi connectivity index (χ4n) is 2.36. The van der Waals surface area contributed by atoms with Gasteiger partial charge in [-0.25, -0.2) is 4.98 Å². The van der Waals surface area contributed by atoms with Gasteiger partial charge in [0.05, 0.1) is 0 Å². The predicted octanol–water partition coefficient (Wildman–Crippen LogP) is 4.33. The van der Waals surface area contributed by atoms with Gasteiger partial charge >= 0.3 is 0 Å². The van der Waals surface area contributed by atoms with Crippen LogP contribution in [0.5, 0.6) is 0 Å². The Hall–Kier alpha value is -1.09. The Kier molecular flexibility index (Phi) is 7.73. The molecule has 0 saturated carbocycles. The van der Waals surface area contributed by atoms with Crippen LogP contribution >= 0.6 is 0 Å². The summed E-state index contributed by atoms with van der Waals surface area (Å²) in [5.41, 5.74) is 2.54. The van der Waals surface area contributed by atoms with Gasteiger partial charge in [0.25, 0.3) is 0 Å². The van der Waals surface area contributed by atoms with Crippen molar-refractivity contribution in [3.8, 4) is 0 Å². The summed E-state index contributed by atoms with van der Waals surface area (Å²) in [4.78, 5) is 7.32. The fraction of sp³-hybridized carbons (Fsp3) is 0.722. The molecule has 120 valence electrons. The number of hydrogen-bond donors (Lipinski definition) is 1. The van der Waals surface area contributed by atoms with Gasteiger partial charge in [0.2, 0.25) is 0 Å². The van der Waals surface area contributed by atoms with E-state index in [1.165, 1.54) is 11.3 Å². The third-order valence-electron chi connectivity index (χ3n) is 3.51. The molecule has 1 aromatic rings. The molecule has 0 aliphatic heterocycles. The molecule has 0 aromatic carbocycles. The zero-order valence-corrected chi connectivity index (χ0v) is 14.7. The summed E-state index contributed by atoms with van der Waals surface area (Å²) < 4.78 is 0. The van der Waals surface area contributed by atoms with Crippen molar-refractivity contribution in [3.63, 3.8) is 0 Å². The summed E-state index contributed by atoms with van der Waals surface area (Å²) in [5, 5.41) is 3.51. The molecule has 21 heavy (non-hydrogen) atoms. The van der Waals surface area contributed by atoms with Gasteiger partial charge in [-0.05, 0) is 36.5 Å². The molecule has 3 heteroatoms. The van der Waals surface area contributed by atoms with Gasteiger partial charge in [0.15, 0.2) is 0 Å². The van der Waals surface area contributed by atoms with Crippen LogP contribution in [0.15, 0.2) is 12.1 Å². The van der Waals surface area contributed by atoms with Crippen LogP contribution in [0.1, 0.15) is 71.6 Å². The molecule has 3 nitrogen and oxygen atoms in total. The maximum atomic E-state index is 4.90. The van der Waals surface area contributed by atoms with Crippen LogP contribution in [-0.2, 0) is 6.54 Å². The largest absolute Gasteiger partial charge is 0.357 e. The second kappa shape index (κ2) is 9.04. The first-order chi connectivity index (χ1) is 9.97. The Morgan fingerprint density at radius 2 is 1.67 bits per heavy atom. The molecule has 0 bridgehead atoms. The summed E-state index contributed by atoms with van der Waals surface area (Å²) >= 11 is 0. The van der Waals surface area contributed by atoms with E-state index in [2.05, 4.69) is 63.9 Å². The summed E-state index contributed by atoms with van der Waals surface area (Å²) in [6.07, 6.45) is 2.32. The Labute approximate surface area is 131 Å². The molecule has 0 saturated heterocycles. The second-order valence-corrected chi connectivity index (χ2v) is 6.44. The SMILES string of the molecule is CCCN(CCC)c1cc(CNC(C)C)cc(C(C)C)n1. The molecule has 1 rings (SSSR count). The Morgan fingerprint density at radius 1 is 1.05 bits per heavy atom. The lowest BCUT2D eigenvalue weighted by Gasteiger charge is -2.24. The molecular weight excluding hydrogens is 258 g/mol. The van der Waals surface area contributed by atoms with Crippen LogP contribution in [0.4, 0.5) is 5.82 Å². The highest BCUT2D eigenvalue weighted by atomic mass is 15.2.